The molecule has 1 aromatic rings. The molecule has 3 N–H and O–H groups in total. The molecule has 0 heterocycles. The molecule has 15 heavy (non-hydrogen) atoms. The van der Waals surface area contributed by atoms with Crippen LogP contribution in [0.25, 0.3) is 0 Å². The number of aliphatic carboxylic acids is 1. The highest BCUT2D eigenvalue weighted by atomic mass is 19.1. The summed E-state index contributed by atoms with van der Waals surface area (Å²) in [5, 5.41) is 8.77. The van der Waals surface area contributed by atoms with Gasteiger partial charge in [-0.2, -0.15) is 0 Å². The Morgan fingerprint density at radius 3 is 2.53 bits per heavy atom. The highest BCUT2D eigenvalue weighted by Crippen LogP contribution is 2.22. The van der Waals surface area contributed by atoms with Gasteiger partial charge < -0.3 is 10.8 Å². The summed E-state index contributed by atoms with van der Waals surface area (Å²) in [7, 11) is 0. The van der Waals surface area contributed by atoms with Gasteiger partial charge in [-0.05, 0) is 18.6 Å². The second-order valence-electron chi connectivity index (χ2n) is 3.25. The predicted octanol–water partition coefficient (Wildman–Crippen LogP) is 1.40. The van der Waals surface area contributed by atoms with Crippen LogP contribution in [-0.2, 0) is 4.79 Å². The molecule has 1 atom stereocenters. The molecule has 0 aliphatic carbocycles. The molecule has 0 saturated carbocycles. The minimum Gasteiger partial charge on any atom is -0.481 e. The van der Waals surface area contributed by atoms with Crippen molar-refractivity contribution >= 4 is 5.97 Å². The van der Waals surface area contributed by atoms with Crippen LogP contribution in [0.1, 0.15) is 17.0 Å². The second kappa shape index (κ2) is 4.35. The second-order valence-corrected chi connectivity index (χ2v) is 3.25. The van der Waals surface area contributed by atoms with Crippen LogP contribution in [-0.4, -0.2) is 17.6 Å². The summed E-state index contributed by atoms with van der Waals surface area (Å²) in [5.41, 5.74) is 5.34. The van der Waals surface area contributed by atoms with Crippen molar-refractivity contribution in [2.75, 3.05) is 6.54 Å². The third-order valence-corrected chi connectivity index (χ3v) is 2.19. The monoisotopic (exact) mass is 215 g/mol. The van der Waals surface area contributed by atoms with Gasteiger partial charge in [-0.15, -0.1) is 0 Å². The Hall–Kier alpha value is -1.49. The quantitative estimate of drug-likeness (QED) is 0.801. The number of hydrogen-bond donors (Lipinski definition) is 2. The van der Waals surface area contributed by atoms with E-state index in [9.17, 15) is 13.6 Å². The molecule has 0 aliphatic heterocycles. The third kappa shape index (κ3) is 2.30. The van der Waals surface area contributed by atoms with Crippen LogP contribution in [0.5, 0.6) is 0 Å². The minimum absolute atomic E-state index is 0.0797. The maximum Gasteiger partial charge on any atom is 0.312 e. The van der Waals surface area contributed by atoms with E-state index in [1.807, 2.05) is 0 Å². The van der Waals surface area contributed by atoms with Gasteiger partial charge in [-0.25, -0.2) is 8.78 Å². The Kier molecular flexibility index (Phi) is 3.36. The van der Waals surface area contributed by atoms with Gasteiger partial charge in [0.25, 0.3) is 0 Å². The average molecular weight is 215 g/mol. The first-order valence-corrected chi connectivity index (χ1v) is 4.35. The lowest BCUT2D eigenvalue weighted by molar-refractivity contribution is -0.138. The van der Waals surface area contributed by atoms with Crippen LogP contribution >= 0.6 is 0 Å². The van der Waals surface area contributed by atoms with Crippen molar-refractivity contribution in [1.82, 2.24) is 0 Å². The van der Waals surface area contributed by atoms with E-state index in [2.05, 4.69) is 0 Å². The van der Waals surface area contributed by atoms with E-state index < -0.39 is 23.5 Å². The topological polar surface area (TPSA) is 63.3 Å². The van der Waals surface area contributed by atoms with Crippen LogP contribution < -0.4 is 5.73 Å². The summed E-state index contributed by atoms with van der Waals surface area (Å²) < 4.78 is 26.2. The lowest BCUT2D eigenvalue weighted by Crippen LogP contribution is -2.22. The van der Waals surface area contributed by atoms with Gasteiger partial charge in [0.1, 0.15) is 11.6 Å². The Morgan fingerprint density at radius 2 is 2.07 bits per heavy atom. The van der Waals surface area contributed by atoms with Crippen LogP contribution in [0.2, 0.25) is 0 Å². The molecule has 0 saturated heterocycles. The van der Waals surface area contributed by atoms with Gasteiger partial charge in [0.2, 0.25) is 0 Å². The Bertz CT molecular complexity index is 393. The van der Waals surface area contributed by atoms with E-state index in [0.29, 0.717) is 6.07 Å². The van der Waals surface area contributed by atoms with Crippen molar-refractivity contribution in [3.8, 4) is 0 Å². The van der Waals surface area contributed by atoms with Crippen molar-refractivity contribution < 1.29 is 18.7 Å². The molecule has 3 nitrogen and oxygen atoms in total. The summed E-state index contributed by atoms with van der Waals surface area (Å²) in [6.07, 6.45) is 0. The fourth-order valence-electron chi connectivity index (χ4n) is 1.31. The van der Waals surface area contributed by atoms with Crippen LogP contribution in [0.4, 0.5) is 8.78 Å². The number of carbonyl (C=O) groups is 1. The number of carboxylic acid groups (broad SMARTS) is 1. The summed E-state index contributed by atoms with van der Waals surface area (Å²) in [6, 6.07) is 1.85. The minimum atomic E-state index is -1.22. The number of aryl methyl sites for hydroxylation is 1. The van der Waals surface area contributed by atoms with Crippen molar-refractivity contribution in [1.29, 1.82) is 0 Å². The Balaban J connectivity index is 3.24. The summed E-state index contributed by atoms with van der Waals surface area (Å²) in [4.78, 5) is 10.7. The standard InChI is InChI=1S/C10H11F2NO2/c1-5-2-6(7(4-13)10(14)15)9(12)3-8(5)11/h2-3,7H,4,13H2,1H3,(H,14,15). The highest BCUT2D eigenvalue weighted by Gasteiger charge is 2.22. The van der Waals surface area contributed by atoms with Gasteiger partial charge in [0.05, 0.1) is 5.92 Å². The van der Waals surface area contributed by atoms with Crippen LogP contribution in [0.15, 0.2) is 12.1 Å². The summed E-state index contributed by atoms with van der Waals surface area (Å²) in [6.45, 7) is 1.21. The largest absolute Gasteiger partial charge is 0.481 e. The van der Waals surface area contributed by atoms with Crippen LogP contribution in [0, 0.1) is 18.6 Å². The number of hydrogen-bond acceptors (Lipinski definition) is 2. The fourth-order valence-corrected chi connectivity index (χ4v) is 1.31. The smallest absolute Gasteiger partial charge is 0.312 e. The molecular weight excluding hydrogens is 204 g/mol. The molecular formula is C10H11F2NO2. The third-order valence-electron chi connectivity index (χ3n) is 2.19. The van der Waals surface area contributed by atoms with Gasteiger partial charge in [0, 0.05) is 18.2 Å². The normalized spacial score (nSPS) is 12.5. The molecule has 0 bridgehead atoms. The van der Waals surface area contributed by atoms with Gasteiger partial charge in [-0.3, -0.25) is 4.79 Å². The van der Waals surface area contributed by atoms with E-state index in [4.69, 9.17) is 10.8 Å². The molecule has 0 aliphatic rings. The molecule has 0 radical (unpaired) electrons. The highest BCUT2D eigenvalue weighted by molar-refractivity contribution is 5.76. The molecule has 0 spiro atoms. The Labute approximate surface area is 85.5 Å². The lowest BCUT2D eigenvalue weighted by atomic mass is 9.97. The molecule has 0 amide bonds. The Morgan fingerprint density at radius 1 is 1.47 bits per heavy atom. The van der Waals surface area contributed by atoms with E-state index >= 15 is 0 Å². The number of rotatable bonds is 3. The number of carboxylic acids is 1. The molecule has 1 rings (SSSR count). The van der Waals surface area contributed by atoms with Gasteiger partial charge in [-0.1, -0.05) is 0 Å². The molecule has 82 valence electrons. The van der Waals surface area contributed by atoms with Crippen molar-refractivity contribution in [2.45, 2.75) is 12.8 Å². The maximum absolute atomic E-state index is 13.3. The summed E-state index contributed by atoms with van der Waals surface area (Å²) in [5.74, 6) is -3.93. The first-order chi connectivity index (χ1) is 6.97. The first kappa shape index (κ1) is 11.6. The SMILES string of the molecule is Cc1cc(C(CN)C(=O)O)c(F)cc1F. The van der Waals surface area contributed by atoms with E-state index in [1.54, 1.807) is 0 Å². The zero-order valence-electron chi connectivity index (χ0n) is 8.13. The molecule has 0 aromatic heterocycles. The van der Waals surface area contributed by atoms with Crippen molar-refractivity contribution in [3.05, 3.63) is 34.9 Å². The van der Waals surface area contributed by atoms with E-state index in [0.717, 1.165) is 0 Å². The summed E-state index contributed by atoms with van der Waals surface area (Å²) >= 11 is 0. The van der Waals surface area contributed by atoms with Gasteiger partial charge >= 0.3 is 5.97 Å². The van der Waals surface area contributed by atoms with E-state index in [1.165, 1.54) is 13.0 Å². The zero-order valence-corrected chi connectivity index (χ0v) is 8.13. The molecule has 1 unspecified atom stereocenters. The number of halogens is 2. The maximum atomic E-state index is 13.3. The molecule has 1 aromatic carbocycles. The zero-order chi connectivity index (χ0) is 11.6. The number of benzene rings is 1. The predicted molar refractivity (Wildman–Crippen MR) is 50.5 cm³/mol. The van der Waals surface area contributed by atoms with Gasteiger partial charge in [0.15, 0.2) is 0 Å². The van der Waals surface area contributed by atoms with Crippen LogP contribution in [0.3, 0.4) is 0 Å². The van der Waals surface area contributed by atoms with Crippen molar-refractivity contribution in [2.24, 2.45) is 5.73 Å². The molecule has 5 heteroatoms. The first-order valence-electron chi connectivity index (χ1n) is 4.35. The number of nitrogens with two attached hydrogens (primary N) is 1. The van der Waals surface area contributed by atoms with E-state index in [-0.39, 0.29) is 17.7 Å². The lowest BCUT2D eigenvalue weighted by Gasteiger charge is -2.12. The molecule has 0 fully saturated rings. The average Bonchev–Trinajstić information content (AvgIpc) is 2.14. The fraction of sp³-hybridized carbons (Fsp3) is 0.300. The van der Waals surface area contributed by atoms with Crippen molar-refractivity contribution in [3.63, 3.8) is 0 Å².